The molecule has 0 spiro atoms. The Bertz CT molecular complexity index is 2380. The van der Waals surface area contributed by atoms with E-state index in [2.05, 4.69) is 37.9 Å². The summed E-state index contributed by atoms with van der Waals surface area (Å²) in [5.74, 6) is -5.42. The topological polar surface area (TPSA) is 279 Å². The highest BCUT2D eigenvalue weighted by Gasteiger charge is 2.69. The molecule has 0 saturated carbocycles. The minimum Gasteiger partial charge on any atom is -0.319 e. The zero-order valence-corrected chi connectivity index (χ0v) is 58.5. The molecule has 0 rings (SSSR count). The molecule has 0 saturated heterocycles. The molecule has 0 aliphatic carbocycles. The Balaban J connectivity index is -0.0000000381. The molecule has 119 heavy (non-hydrogen) atoms. The van der Waals surface area contributed by atoms with Gasteiger partial charge >= 0.3 is 137 Å². The first-order valence-corrected chi connectivity index (χ1v) is 30.3. The van der Waals surface area contributed by atoms with E-state index in [-0.39, 0.29) is 64.6 Å². The van der Waals surface area contributed by atoms with Crippen molar-refractivity contribution < 1.29 is 319 Å². The van der Waals surface area contributed by atoms with Crippen LogP contribution >= 0.6 is 0 Å². The number of ether oxygens (including phenoxy) is 8. The van der Waals surface area contributed by atoms with Crippen LogP contribution in [0.15, 0.2) is 0 Å². The highest BCUT2D eigenvalue weighted by molar-refractivity contribution is 7.82. The van der Waals surface area contributed by atoms with Crippen molar-refractivity contribution in [3.8, 4) is 0 Å². The van der Waals surface area contributed by atoms with Crippen LogP contribution in [0.3, 0.4) is 0 Å². The summed E-state index contributed by atoms with van der Waals surface area (Å²) in [6, 6.07) is 0. The summed E-state index contributed by atoms with van der Waals surface area (Å²) >= 11 is 0. The van der Waals surface area contributed by atoms with Crippen molar-refractivity contribution in [2.24, 2.45) is 0 Å². The molecule has 0 bridgehead atoms. The van der Waals surface area contributed by atoms with Gasteiger partial charge in [0.25, 0.3) is 0 Å². The SMILES string of the molecule is C.C.C.C.C.C.CCF.CCF.CCF.CF.CF.CF.FCC(F)(F)OC(F)(F)C(F)(F)CF.FCC(F)(F)OC(F)(F)C(F)(F)OC(F)(F)CF.FCC(F)(F)OC(F)(F)C(F)(F)OC(F)(F)CF.FCOC(F)(F)CF.FCOCF.FCOCF.O=S(=O)(F)F.O=S(=O)(F)F.O=S(=O)(F)F.O=S(=O)(F)F.O=S(=O)(F)F.O=S(=O)(F)F. The Morgan fingerprint density at radius 2 is 0.303 bits per heavy atom. The minimum absolute atomic E-state index is 0. The number of alkyl halides is 42. The van der Waals surface area contributed by atoms with Crippen molar-refractivity contribution in [3.05, 3.63) is 0 Å². The highest BCUT2D eigenvalue weighted by atomic mass is 32.3. The molecule has 762 valence electrons. The van der Waals surface area contributed by atoms with E-state index in [4.69, 9.17) is 50.5 Å². The average Bonchev–Trinajstić information content (AvgIpc) is 0.803. The molecule has 80 heteroatoms. The first kappa shape index (κ1) is 180. The summed E-state index contributed by atoms with van der Waals surface area (Å²) in [7, 11) is -32.5. The standard InChI is InChI=1S/2C6H4F10O2.C5H4F8O.C3H4F4O.2C2H4F2O.3C2H5F.3CH3F.6CH4.6F2O2S/c2*7-1-3(9,10)17-5(13,14)6(15,16)18-4(11,12)2-8;6-1-3(8,9)5(12,13)14-4(10,11)2-7;4-1-3(6,7)8-2-5;2*3-1-5-2-4;3*1-2-3;3*1-2;;;;;;;6*1-5(2,3)4/h2*1-2H2;1-2H2;1-2H2;2*1-2H2;3*2H2,1H3;3*1H3;6*1H4;;;;;;. The van der Waals surface area contributed by atoms with E-state index in [9.17, 15) is 231 Å². The lowest BCUT2D eigenvalue weighted by Crippen LogP contribution is -2.52. The van der Waals surface area contributed by atoms with Crippen molar-refractivity contribution in [2.75, 3.05) is 123 Å². The zero-order valence-electron chi connectivity index (χ0n) is 53.6. The van der Waals surface area contributed by atoms with Gasteiger partial charge in [0.2, 0.25) is 0 Å². The monoisotopic (exact) mass is 2080 g/mol. The smallest absolute Gasteiger partial charge is 0.319 e. The second-order valence-electron chi connectivity index (χ2n) is 12.7. The third kappa shape index (κ3) is 212. The molecule has 0 amide bonds. The van der Waals surface area contributed by atoms with Crippen molar-refractivity contribution in [1.29, 1.82) is 0 Å². The van der Waals surface area contributed by atoms with E-state index < -0.39 is 218 Å². The summed E-state index contributed by atoms with van der Waals surface area (Å²) in [5, 5.41) is 0. The lowest BCUT2D eigenvalue weighted by atomic mass is 10.3. The number of rotatable bonds is 26. The van der Waals surface area contributed by atoms with E-state index >= 15 is 0 Å². The lowest BCUT2D eigenvalue weighted by Gasteiger charge is -2.29. The van der Waals surface area contributed by atoms with Crippen LogP contribution < -0.4 is 0 Å². The van der Waals surface area contributed by atoms with Crippen LogP contribution in [0.5, 0.6) is 0 Å². The van der Waals surface area contributed by atoms with Crippen LogP contribution in [0.4, 0.5) is 231 Å². The maximum absolute atomic E-state index is 12.4. The summed E-state index contributed by atoms with van der Waals surface area (Å²) in [6.07, 6.45) is -61.5. The van der Waals surface area contributed by atoms with Crippen LogP contribution in [0, 0.1) is 0 Å². The predicted molar refractivity (Wildman–Crippen MR) is 303 cm³/mol. The van der Waals surface area contributed by atoms with Crippen LogP contribution in [0.25, 0.3) is 0 Å². The Morgan fingerprint density at radius 1 is 0.202 bits per heavy atom. The number of hydrogen-bond acceptors (Lipinski definition) is 20. The van der Waals surface area contributed by atoms with E-state index in [1.165, 1.54) is 20.8 Å². The summed E-state index contributed by atoms with van der Waals surface area (Å²) in [4.78, 5) is 0. The fourth-order valence-corrected chi connectivity index (χ4v) is 1.64. The van der Waals surface area contributed by atoms with Crippen molar-refractivity contribution in [1.82, 2.24) is 0 Å². The molecule has 0 radical (unpaired) electrons. The number of hydrogen-bond donors (Lipinski definition) is 0. The van der Waals surface area contributed by atoms with E-state index in [1.807, 2.05) is 0 Å². The first-order valence-electron chi connectivity index (χ1n) is 22.6. The highest BCUT2D eigenvalue weighted by Crippen LogP contribution is 2.45. The second-order valence-corrected chi connectivity index (χ2v) is 17.3. The van der Waals surface area contributed by atoms with Crippen LogP contribution in [-0.4, -0.2) is 246 Å². The van der Waals surface area contributed by atoms with Gasteiger partial charge in [-0.15, -0.1) is 0 Å². The van der Waals surface area contributed by atoms with Crippen molar-refractivity contribution in [3.63, 3.8) is 0 Å². The molecule has 0 aromatic carbocycles. The fraction of sp³-hybridized carbons (Fsp3) is 1.00. The van der Waals surface area contributed by atoms with Crippen LogP contribution in [0.2, 0.25) is 0 Å². The molecule has 0 aromatic rings. The summed E-state index contributed by atoms with van der Waals surface area (Å²) in [5.41, 5.74) is 0. The molecule has 20 nitrogen and oxygen atoms in total. The molecule has 0 aliphatic rings. The summed E-state index contributed by atoms with van der Waals surface area (Å²) in [6.45, 7) is -21.5. The van der Waals surface area contributed by atoms with Gasteiger partial charge in [-0.05, 0) is 20.8 Å². The molecule has 0 heterocycles. The van der Waals surface area contributed by atoms with Gasteiger partial charge in [0.05, 0.1) is 41.6 Å². The lowest BCUT2D eigenvalue weighted by molar-refractivity contribution is -0.513. The fourth-order valence-electron chi connectivity index (χ4n) is 1.64. The van der Waals surface area contributed by atoms with E-state index in [1.54, 1.807) is 0 Å². The largest absolute Gasteiger partial charge is 0.476 e. The maximum Gasteiger partial charge on any atom is 0.476 e. The molecule has 0 N–H and O–H groups in total. The molecule has 0 atom stereocenters. The van der Waals surface area contributed by atoms with Crippen molar-refractivity contribution in [2.45, 2.75) is 138 Å². The van der Waals surface area contributed by atoms with Gasteiger partial charge in [0.15, 0.2) is 81.0 Å². The maximum atomic E-state index is 12.4. The third-order valence-electron chi connectivity index (χ3n) is 4.17. The molecular formula is C39H72F54O20S6. The van der Waals surface area contributed by atoms with Gasteiger partial charge in [0.1, 0.15) is 0 Å². The molecule has 0 fully saturated rings. The minimum atomic E-state index is -6.30. The van der Waals surface area contributed by atoms with Crippen molar-refractivity contribution >= 4 is 63.7 Å². The Morgan fingerprint density at radius 3 is 0.361 bits per heavy atom. The van der Waals surface area contributed by atoms with E-state index in [0.29, 0.717) is 21.5 Å². The Hall–Kier alpha value is -4.40. The van der Waals surface area contributed by atoms with Crippen LogP contribution in [0.1, 0.15) is 65.3 Å². The second kappa shape index (κ2) is 89.9. The van der Waals surface area contributed by atoms with Crippen LogP contribution in [-0.2, 0) is 102 Å². The third-order valence-corrected chi connectivity index (χ3v) is 4.17. The van der Waals surface area contributed by atoms with Gasteiger partial charge < -0.3 is 9.47 Å². The van der Waals surface area contributed by atoms with Gasteiger partial charge in [-0.1, -0.05) is 91.2 Å². The van der Waals surface area contributed by atoms with Gasteiger partial charge in [-0.2, -0.15) is 156 Å². The van der Waals surface area contributed by atoms with Gasteiger partial charge in [-0.25, -0.2) is 76.4 Å². The van der Waals surface area contributed by atoms with Gasteiger partial charge in [0, 0.05) is 0 Å². The molecular weight excluding hydrogens is 2010 g/mol. The number of halogens is 54. The van der Waals surface area contributed by atoms with Gasteiger partial charge in [-0.3, -0.25) is 31.1 Å². The Kier molecular flexibility index (Phi) is 136. The zero-order chi connectivity index (χ0) is 97.3. The quantitative estimate of drug-likeness (QED) is 0.0574. The average molecular weight is 2080 g/mol. The normalized spacial score (nSPS) is 11.3. The molecule has 0 aromatic heterocycles. The molecule has 0 unspecified atom stereocenters. The molecule has 0 aliphatic heterocycles. The predicted octanol–water partition coefficient (Wildman–Crippen LogP) is 22.2. The Labute approximate surface area is 643 Å². The summed E-state index contributed by atoms with van der Waals surface area (Å²) < 4.78 is 720. The first-order chi connectivity index (χ1) is 49.3. The van der Waals surface area contributed by atoms with E-state index in [0.717, 1.165) is 0 Å².